The first-order chi connectivity index (χ1) is 18.9. The van der Waals surface area contributed by atoms with Crippen LogP contribution in [0.4, 0.5) is 16.1 Å². The molecule has 1 atom stereocenters. The summed E-state index contributed by atoms with van der Waals surface area (Å²) in [6.45, 7) is 1.74. The van der Waals surface area contributed by atoms with Crippen LogP contribution in [0.2, 0.25) is 0 Å². The number of benzene rings is 2. The number of methoxy groups -OCH3 is 1. The SMILES string of the molecule is COC(=O)C1CCC(OC(F)(C(=O)Cc2ccc3nc(N4CCc5ccccc54)oc3c2)N2CCCC2)CC1. The number of para-hydroxylation sites is 1. The number of halogens is 1. The van der Waals surface area contributed by atoms with Gasteiger partial charge in [-0.15, -0.1) is 0 Å². The van der Waals surface area contributed by atoms with Crippen LogP contribution < -0.4 is 4.90 Å². The maximum absolute atomic E-state index is 16.6. The van der Waals surface area contributed by atoms with Gasteiger partial charge in [0.15, 0.2) is 5.58 Å². The number of ketones is 1. The molecule has 3 heterocycles. The monoisotopic (exact) mass is 535 g/mol. The summed E-state index contributed by atoms with van der Waals surface area (Å²) in [6.07, 6.45) is 4.17. The number of carbonyl (C=O) groups is 2. The van der Waals surface area contributed by atoms with Crippen LogP contribution in [0.15, 0.2) is 46.9 Å². The highest BCUT2D eigenvalue weighted by molar-refractivity contribution is 5.88. The number of alkyl halides is 1. The molecule has 0 radical (unpaired) electrons. The van der Waals surface area contributed by atoms with Crippen LogP contribution in [0.3, 0.4) is 0 Å². The molecule has 0 bridgehead atoms. The molecule has 1 saturated carbocycles. The Morgan fingerprint density at radius 3 is 2.62 bits per heavy atom. The quantitative estimate of drug-likeness (QED) is 0.291. The van der Waals surface area contributed by atoms with E-state index in [2.05, 4.69) is 22.0 Å². The van der Waals surface area contributed by atoms with E-state index < -0.39 is 17.9 Å². The van der Waals surface area contributed by atoms with E-state index in [0.717, 1.165) is 31.5 Å². The third kappa shape index (κ3) is 5.05. The van der Waals surface area contributed by atoms with Crippen molar-refractivity contribution in [3.05, 3.63) is 53.6 Å². The standard InChI is InChI=1S/C30H34FN3O5/c1-37-28(36)22-9-11-23(12-10-22)39-30(31,33-15-4-5-16-33)27(35)19-20-8-13-24-26(18-20)38-29(32-24)34-17-14-21-6-2-3-7-25(21)34/h2-3,6-8,13,18,22-23H,4-5,9-12,14-17,19H2,1H3. The Bertz CT molecular complexity index is 1360. The highest BCUT2D eigenvalue weighted by Gasteiger charge is 2.48. The number of likely N-dealkylation sites (tertiary alicyclic amines) is 1. The van der Waals surface area contributed by atoms with Crippen molar-refractivity contribution in [3.8, 4) is 0 Å². The number of anilines is 2. The van der Waals surface area contributed by atoms with Crippen LogP contribution in [0.5, 0.6) is 0 Å². The van der Waals surface area contributed by atoms with Gasteiger partial charge in [-0.25, -0.2) is 4.90 Å². The number of fused-ring (bicyclic) bond motifs is 2. The summed E-state index contributed by atoms with van der Waals surface area (Å²) in [5.74, 6) is -3.55. The number of oxazole rings is 1. The summed E-state index contributed by atoms with van der Waals surface area (Å²) in [4.78, 5) is 33.7. The summed E-state index contributed by atoms with van der Waals surface area (Å²) >= 11 is 0. The Hall–Kier alpha value is -3.30. The van der Waals surface area contributed by atoms with Gasteiger partial charge in [0.25, 0.3) is 0 Å². The number of ether oxygens (including phenoxy) is 2. The van der Waals surface area contributed by atoms with Crippen molar-refractivity contribution >= 4 is 34.6 Å². The zero-order valence-corrected chi connectivity index (χ0v) is 22.2. The maximum atomic E-state index is 16.6. The van der Waals surface area contributed by atoms with Crippen LogP contribution >= 0.6 is 0 Å². The number of esters is 1. The number of hydrogen-bond donors (Lipinski definition) is 0. The van der Waals surface area contributed by atoms with Crippen molar-refractivity contribution in [2.24, 2.45) is 5.92 Å². The number of Topliss-reactive ketones (excluding diaryl/α,β-unsaturated/α-hetero) is 1. The molecule has 3 aliphatic rings. The summed E-state index contributed by atoms with van der Waals surface area (Å²) < 4.78 is 33.5. The Morgan fingerprint density at radius 2 is 1.85 bits per heavy atom. The van der Waals surface area contributed by atoms with Crippen LogP contribution in [-0.2, 0) is 31.9 Å². The molecule has 8 nitrogen and oxygen atoms in total. The molecule has 9 heteroatoms. The molecule has 0 amide bonds. The summed E-state index contributed by atoms with van der Waals surface area (Å²) in [6, 6.07) is 14.1. The smallest absolute Gasteiger partial charge is 0.330 e. The molecule has 6 rings (SSSR count). The zero-order valence-electron chi connectivity index (χ0n) is 22.2. The average molecular weight is 536 g/mol. The summed E-state index contributed by atoms with van der Waals surface area (Å²) in [5.41, 5.74) is 4.25. The van der Waals surface area contributed by atoms with E-state index in [4.69, 9.17) is 13.9 Å². The van der Waals surface area contributed by atoms with Crippen molar-refractivity contribution in [1.82, 2.24) is 9.88 Å². The van der Waals surface area contributed by atoms with Crippen LogP contribution in [0.1, 0.15) is 49.7 Å². The number of aromatic nitrogens is 1. The molecule has 2 fully saturated rings. The van der Waals surface area contributed by atoms with Crippen LogP contribution in [-0.4, -0.2) is 60.5 Å². The van der Waals surface area contributed by atoms with Gasteiger partial charge >= 0.3 is 18.0 Å². The normalized spacial score (nSPS) is 23.1. The second kappa shape index (κ2) is 10.7. The lowest BCUT2D eigenvalue weighted by molar-refractivity contribution is -0.252. The molecule has 206 valence electrons. The average Bonchev–Trinajstić information content (AvgIpc) is 3.72. The highest BCUT2D eigenvalue weighted by atomic mass is 19.2. The third-order valence-corrected chi connectivity index (χ3v) is 8.31. The molecule has 1 aliphatic carbocycles. The van der Waals surface area contributed by atoms with Gasteiger partial charge in [-0.05, 0) is 74.3 Å². The first-order valence-corrected chi connectivity index (χ1v) is 13.9. The topological polar surface area (TPSA) is 85.1 Å². The fourth-order valence-corrected chi connectivity index (χ4v) is 6.14. The second-order valence-corrected chi connectivity index (χ2v) is 10.8. The van der Waals surface area contributed by atoms with Crippen molar-refractivity contribution in [3.63, 3.8) is 0 Å². The molecule has 0 spiro atoms. The molecule has 3 aromatic rings. The van der Waals surface area contributed by atoms with Gasteiger partial charge in [0.05, 0.1) is 19.1 Å². The van der Waals surface area contributed by atoms with Crippen LogP contribution in [0, 0.1) is 5.92 Å². The van der Waals surface area contributed by atoms with Gasteiger partial charge in [0.1, 0.15) is 5.52 Å². The van der Waals surface area contributed by atoms with Gasteiger partial charge in [-0.2, -0.15) is 9.37 Å². The zero-order chi connectivity index (χ0) is 27.0. The minimum Gasteiger partial charge on any atom is -0.469 e. The van der Waals surface area contributed by atoms with Gasteiger partial charge in [0.2, 0.25) is 5.78 Å². The molecule has 1 unspecified atom stereocenters. The van der Waals surface area contributed by atoms with Gasteiger partial charge in [0, 0.05) is 31.7 Å². The largest absolute Gasteiger partial charge is 0.469 e. The maximum Gasteiger partial charge on any atom is 0.330 e. The summed E-state index contributed by atoms with van der Waals surface area (Å²) in [7, 11) is 1.38. The van der Waals surface area contributed by atoms with Crippen molar-refractivity contribution in [2.45, 2.75) is 63.4 Å². The fourth-order valence-electron chi connectivity index (χ4n) is 6.14. The number of nitrogens with zero attached hydrogens (tertiary/aromatic N) is 3. The first kappa shape index (κ1) is 26.0. The number of hydrogen-bond acceptors (Lipinski definition) is 8. The third-order valence-electron chi connectivity index (χ3n) is 8.31. The van der Waals surface area contributed by atoms with E-state index in [-0.39, 0.29) is 18.3 Å². The molecular weight excluding hydrogens is 501 g/mol. The minimum atomic E-state index is -2.50. The Morgan fingerprint density at radius 1 is 1.08 bits per heavy atom. The molecule has 2 aromatic carbocycles. The number of carbonyl (C=O) groups excluding carboxylic acids is 2. The number of rotatable bonds is 8. The molecule has 1 aromatic heterocycles. The van der Waals surface area contributed by atoms with E-state index in [1.54, 1.807) is 12.1 Å². The van der Waals surface area contributed by atoms with Crippen molar-refractivity contribution in [1.29, 1.82) is 0 Å². The predicted octanol–water partition coefficient (Wildman–Crippen LogP) is 5.10. The molecular formula is C30H34FN3O5. The van der Waals surface area contributed by atoms with E-state index in [0.29, 0.717) is 61.5 Å². The molecule has 0 N–H and O–H groups in total. The molecule has 1 saturated heterocycles. The van der Waals surface area contributed by atoms with Crippen molar-refractivity contribution < 1.29 is 27.9 Å². The van der Waals surface area contributed by atoms with Gasteiger partial charge in [-0.3, -0.25) is 14.5 Å². The second-order valence-electron chi connectivity index (χ2n) is 10.8. The van der Waals surface area contributed by atoms with E-state index in [9.17, 15) is 9.59 Å². The fraction of sp³-hybridized carbons (Fsp3) is 0.500. The lowest BCUT2D eigenvalue weighted by Crippen LogP contribution is -2.54. The lowest BCUT2D eigenvalue weighted by Gasteiger charge is -2.37. The molecule has 2 aliphatic heterocycles. The van der Waals surface area contributed by atoms with Gasteiger partial charge in [-0.1, -0.05) is 24.3 Å². The minimum absolute atomic E-state index is 0.122. The van der Waals surface area contributed by atoms with E-state index in [1.807, 2.05) is 18.2 Å². The Balaban J connectivity index is 1.18. The molecule has 39 heavy (non-hydrogen) atoms. The Labute approximate surface area is 227 Å². The van der Waals surface area contributed by atoms with Gasteiger partial charge < -0.3 is 13.9 Å². The van der Waals surface area contributed by atoms with Crippen molar-refractivity contribution in [2.75, 3.05) is 31.6 Å². The van der Waals surface area contributed by atoms with Crippen LogP contribution in [0.25, 0.3) is 11.1 Å². The summed E-state index contributed by atoms with van der Waals surface area (Å²) in [5, 5.41) is 0. The first-order valence-electron chi connectivity index (χ1n) is 13.9. The predicted molar refractivity (Wildman–Crippen MR) is 143 cm³/mol. The highest BCUT2D eigenvalue weighted by Crippen LogP contribution is 2.37. The van der Waals surface area contributed by atoms with E-state index >= 15 is 4.39 Å². The van der Waals surface area contributed by atoms with E-state index in [1.165, 1.54) is 17.6 Å². The Kier molecular flexibility index (Phi) is 7.12. The lowest BCUT2D eigenvalue weighted by atomic mass is 9.87.